The number of benzene rings is 1. The lowest BCUT2D eigenvalue weighted by Gasteiger charge is -2.13. The number of rotatable bonds is 7. The maximum absolute atomic E-state index is 6.14. The Bertz CT molecular complexity index is 915. The van der Waals surface area contributed by atoms with E-state index in [9.17, 15) is 0 Å². The molecule has 138 valence electrons. The lowest BCUT2D eigenvalue weighted by Crippen LogP contribution is -2.04. The van der Waals surface area contributed by atoms with Crippen LogP contribution in [0.5, 0.6) is 17.4 Å². The van der Waals surface area contributed by atoms with Crippen molar-refractivity contribution >= 4 is 10.9 Å². The lowest BCUT2D eigenvalue weighted by molar-refractivity contribution is 0.287. The average molecular weight is 354 g/mol. The molecule has 26 heavy (non-hydrogen) atoms. The molecule has 1 aromatic carbocycles. The quantitative estimate of drug-likeness (QED) is 0.619. The van der Waals surface area contributed by atoms with E-state index in [0.717, 1.165) is 35.5 Å². The molecule has 3 aromatic rings. The Labute approximate surface area is 154 Å². The van der Waals surface area contributed by atoms with E-state index in [1.54, 1.807) is 14.2 Å². The summed E-state index contributed by atoms with van der Waals surface area (Å²) < 4.78 is 19.2. The Morgan fingerprint density at radius 2 is 1.88 bits per heavy atom. The topological polar surface area (TPSA) is 45.5 Å². The highest BCUT2D eigenvalue weighted by atomic mass is 16.5. The van der Waals surface area contributed by atoms with Crippen LogP contribution in [-0.4, -0.2) is 23.8 Å². The Kier molecular flexibility index (Phi) is 5.35. The highest BCUT2D eigenvalue weighted by Crippen LogP contribution is 2.32. The van der Waals surface area contributed by atoms with Gasteiger partial charge in [-0.15, -0.1) is 0 Å². The lowest BCUT2D eigenvalue weighted by atomic mass is 10.2. The summed E-state index contributed by atoms with van der Waals surface area (Å²) in [5.74, 6) is 2.20. The minimum Gasteiger partial charge on any atom is -0.497 e. The molecule has 0 spiro atoms. The van der Waals surface area contributed by atoms with Crippen LogP contribution in [0.15, 0.2) is 30.5 Å². The summed E-state index contributed by atoms with van der Waals surface area (Å²) >= 11 is 0. The first kappa shape index (κ1) is 18.1. The molecule has 3 rings (SSSR count). The van der Waals surface area contributed by atoms with Gasteiger partial charge < -0.3 is 18.8 Å². The number of hydrogen-bond acceptors (Lipinski definition) is 4. The molecule has 0 aliphatic heterocycles. The van der Waals surface area contributed by atoms with Crippen LogP contribution >= 0.6 is 0 Å². The van der Waals surface area contributed by atoms with E-state index in [1.165, 1.54) is 16.6 Å². The molecule has 0 radical (unpaired) electrons. The third-order valence-corrected chi connectivity index (χ3v) is 4.81. The fourth-order valence-corrected chi connectivity index (χ4v) is 3.31. The van der Waals surface area contributed by atoms with Crippen molar-refractivity contribution in [3.63, 3.8) is 0 Å². The summed E-state index contributed by atoms with van der Waals surface area (Å²) in [7, 11) is 3.31. The van der Waals surface area contributed by atoms with Crippen molar-refractivity contribution in [2.45, 2.75) is 40.3 Å². The third-order valence-electron chi connectivity index (χ3n) is 4.81. The third kappa shape index (κ3) is 3.21. The van der Waals surface area contributed by atoms with Crippen LogP contribution in [0.1, 0.15) is 30.2 Å². The van der Waals surface area contributed by atoms with Gasteiger partial charge in [0.25, 0.3) is 0 Å². The fourth-order valence-electron chi connectivity index (χ4n) is 3.31. The number of nitrogens with zero attached hydrogens (tertiary/aromatic N) is 2. The summed E-state index contributed by atoms with van der Waals surface area (Å²) in [5.41, 5.74) is 4.53. The van der Waals surface area contributed by atoms with Crippen LogP contribution in [0.3, 0.4) is 0 Å². The number of ether oxygens (including phenoxy) is 3. The summed E-state index contributed by atoms with van der Waals surface area (Å²) in [6.07, 6.45) is 2.87. The molecule has 0 saturated carbocycles. The van der Waals surface area contributed by atoms with E-state index in [2.05, 4.69) is 36.4 Å². The Hall–Kier alpha value is -2.69. The molecule has 2 aromatic heterocycles. The van der Waals surface area contributed by atoms with Gasteiger partial charge in [-0.25, -0.2) is 4.98 Å². The number of pyridine rings is 1. The first-order valence-electron chi connectivity index (χ1n) is 8.88. The van der Waals surface area contributed by atoms with Gasteiger partial charge in [0.05, 0.1) is 14.2 Å². The van der Waals surface area contributed by atoms with Gasteiger partial charge in [0.1, 0.15) is 23.6 Å². The standard InChI is InChI=1S/C21H26N2O3/c1-6-11-23-15(3)14(2)18-9-10-22-21(20(18)23)26-13-16-12-17(24-4)7-8-19(16)25-5/h7-10,12H,6,11,13H2,1-5H3. The molecule has 0 aliphatic carbocycles. The van der Waals surface area contributed by atoms with Crippen LogP contribution in [0.2, 0.25) is 0 Å². The zero-order chi connectivity index (χ0) is 18.7. The molecular formula is C21H26N2O3. The van der Waals surface area contributed by atoms with E-state index in [0.29, 0.717) is 12.5 Å². The van der Waals surface area contributed by atoms with Gasteiger partial charge in [-0.1, -0.05) is 6.92 Å². The molecule has 2 heterocycles. The van der Waals surface area contributed by atoms with Crippen molar-refractivity contribution in [3.8, 4) is 17.4 Å². The molecule has 0 fully saturated rings. The minimum atomic E-state index is 0.363. The van der Waals surface area contributed by atoms with Gasteiger partial charge in [-0.2, -0.15) is 0 Å². The van der Waals surface area contributed by atoms with Gasteiger partial charge in [0, 0.05) is 29.4 Å². The molecule has 0 amide bonds. The second-order valence-corrected chi connectivity index (χ2v) is 6.34. The van der Waals surface area contributed by atoms with Gasteiger partial charge in [-0.05, 0) is 50.1 Å². The van der Waals surface area contributed by atoms with Gasteiger partial charge in [0.2, 0.25) is 5.88 Å². The number of methoxy groups -OCH3 is 2. The molecule has 0 N–H and O–H groups in total. The maximum atomic E-state index is 6.14. The molecule has 0 atom stereocenters. The number of aryl methyl sites for hydroxylation is 2. The molecule has 0 bridgehead atoms. The normalized spacial score (nSPS) is 11.0. The first-order valence-corrected chi connectivity index (χ1v) is 8.88. The fraction of sp³-hybridized carbons (Fsp3) is 0.381. The first-order chi connectivity index (χ1) is 12.6. The molecule has 0 unspecified atom stereocenters. The highest BCUT2D eigenvalue weighted by Gasteiger charge is 2.16. The summed E-state index contributed by atoms with van der Waals surface area (Å²) in [6, 6.07) is 7.75. The minimum absolute atomic E-state index is 0.363. The SMILES string of the molecule is CCCn1c(C)c(C)c2ccnc(OCc3cc(OC)ccc3OC)c21. The summed E-state index contributed by atoms with van der Waals surface area (Å²) in [5, 5.41) is 1.19. The van der Waals surface area contributed by atoms with E-state index in [-0.39, 0.29) is 0 Å². The van der Waals surface area contributed by atoms with E-state index < -0.39 is 0 Å². The van der Waals surface area contributed by atoms with Gasteiger partial charge >= 0.3 is 0 Å². The second kappa shape index (κ2) is 7.68. The summed E-state index contributed by atoms with van der Waals surface area (Å²) in [4.78, 5) is 4.50. The van der Waals surface area contributed by atoms with Gasteiger partial charge in [-0.3, -0.25) is 0 Å². The van der Waals surface area contributed by atoms with Crippen LogP contribution in [-0.2, 0) is 13.2 Å². The zero-order valence-electron chi connectivity index (χ0n) is 16.1. The molecule has 0 aliphatic rings. The predicted molar refractivity (Wildman–Crippen MR) is 103 cm³/mol. The largest absolute Gasteiger partial charge is 0.497 e. The average Bonchev–Trinajstić information content (AvgIpc) is 2.92. The Balaban J connectivity index is 1.98. The monoisotopic (exact) mass is 354 g/mol. The number of aromatic nitrogens is 2. The van der Waals surface area contributed by atoms with Crippen molar-refractivity contribution < 1.29 is 14.2 Å². The summed E-state index contributed by atoms with van der Waals surface area (Å²) in [6.45, 7) is 7.79. The maximum Gasteiger partial charge on any atom is 0.238 e. The molecule has 0 saturated heterocycles. The number of hydrogen-bond donors (Lipinski definition) is 0. The highest BCUT2D eigenvalue weighted by molar-refractivity contribution is 5.88. The predicted octanol–water partition coefficient (Wildman–Crippen LogP) is 4.66. The van der Waals surface area contributed by atoms with Crippen LogP contribution < -0.4 is 14.2 Å². The smallest absolute Gasteiger partial charge is 0.238 e. The molecule has 5 nitrogen and oxygen atoms in total. The van der Waals surface area contributed by atoms with E-state index >= 15 is 0 Å². The van der Waals surface area contributed by atoms with Crippen LogP contribution in [0.25, 0.3) is 10.9 Å². The zero-order valence-corrected chi connectivity index (χ0v) is 16.1. The Morgan fingerprint density at radius 1 is 1.08 bits per heavy atom. The second-order valence-electron chi connectivity index (χ2n) is 6.34. The van der Waals surface area contributed by atoms with Crippen molar-refractivity contribution in [3.05, 3.63) is 47.3 Å². The van der Waals surface area contributed by atoms with Crippen molar-refractivity contribution in [1.29, 1.82) is 0 Å². The van der Waals surface area contributed by atoms with Crippen molar-refractivity contribution in [1.82, 2.24) is 9.55 Å². The number of fused-ring (bicyclic) bond motifs is 1. The Morgan fingerprint density at radius 3 is 2.58 bits per heavy atom. The van der Waals surface area contributed by atoms with Crippen LogP contribution in [0.4, 0.5) is 0 Å². The van der Waals surface area contributed by atoms with E-state index in [4.69, 9.17) is 14.2 Å². The van der Waals surface area contributed by atoms with Crippen molar-refractivity contribution in [2.75, 3.05) is 14.2 Å². The van der Waals surface area contributed by atoms with E-state index in [1.807, 2.05) is 24.4 Å². The molecule has 5 heteroatoms. The van der Waals surface area contributed by atoms with Crippen molar-refractivity contribution in [2.24, 2.45) is 0 Å². The van der Waals surface area contributed by atoms with Crippen LogP contribution in [0, 0.1) is 13.8 Å². The van der Waals surface area contributed by atoms with Gasteiger partial charge in [0.15, 0.2) is 0 Å². The molecular weight excluding hydrogens is 328 g/mol.